The first-order chi connectivity index (χ1) is 9.44. The molecule has 0 aliphatic heterocycles. The van der Waals surface area contributed by atoms with Crippen LogP contribution in [0.5, 0.6) is 0 Å². The second-order valence-electron chi connectivity index (χ2n) is 5.03. The summed E-state index contributed by atoms with van der Waals surface area (Å²) in [6.45, 7) is 1.14. The highest BCUT2D eigenvalue weighted by Gasteiger charge is 2.24. The molecule has 1 rings (SSSR count). The van der Waals surface area contributed by atoms with Crippen LogP contribution in [0.15, 0.2) is 4.99 Å². The van der Waals surface area contributed by atoms with Gasteiger partial charge in [0, 0.05) is 31.4 Å². The van der Waals surface area contributed by atoms with Crippen molar-refractivity contribution in [1.82, 2.24) is 15.4 Å². The summed E-state index contributed by atoms with van der Waals surface area (Å²) in [5.41, 5.74) is 0. The predicted molar refractivity (Wildman–Crippen MR) is 86.9 cm³/mol. The highest BCUT2D eigenvalue weighted by Crippen LogP contribution is 2.27. The normalized spacial score (nSPS) is 23.9. The minimum absolute atomic E-state index is 0.445. The number of nitrogens with zero attached hydrogens (tertiary/aromatic N) is 1. The molecule has 0 heterocycles. The van der Waals surface area contributed by atoms with Gasteiger partial charge in [-0.2, -0.15) is 11.8 Å². The average molecular weight is 323 g/mol. The van der Waals surface area contributed by atoms with Gasteiger partial charge < -0.3 is 10.6 Å². The third-order valence-corrected chi connectivity index (χ3v) is 5.12. The maximum atomic E-state index is 10.9. The second kappa shape index (κ2) is 8.74. The Bertz CT molecular complexity index is 412. The molecule has 0 aromatic carbocycles. The number of hydrogen-bond donors (Lipinski definition) is 3. The number of nitrogens with one attached hydrogen (secondary N) is 3. The van der Waals surface area contributed by atoms with Gasteiger partial charge in [-0.1, -0.05) is 0 Å². The van der Waals surface area contributed by atoms with Crippen LogP contribution in [0.3, 0.4) is 0 Å². The Kier molecular flexibility index (Phi) is 7.68. The fourth-order valence-electron chi connectivity index (χ4n) is 2.23. The van der Waals surface area contributed by atoms with Gasteiger partial charge >= 0.3 is 0 Å². The molecule has 1 fully saturated rings. The number of rotatable bonds is 7. The average Bonchev–Trinajstić information content (AvgIpc) is 2.83. The highest BCUT2D eigenvalue weighted by molar-refractivity contribution is 7.99. The Morgan fingerprint density at radius 3 is 2.65 bits per heavy atom. The fourth-order valence-corrected chi connectivity index (χ4v) is 3.54. The molecule has 0 aromatic rings. The van der Waals surface area contributed by atoms with E-state index in [-0.39, 0.29) is 0 Å². The van der Waals surface area contributed by atoms with E-state index in [1.54, 1.807) is 7.05 Å². The number of aliphatic imine (C=N–C) groups is 1. The van der Waals surface area contributed by atoms with Crippen molar-refractivity contribution < 1.29 is 8.42 Å². The van der Waals surface area contributed by atoms with Crippen LogP contribution < -0.4 is 15.4 Å². The monoisotopic (exact) mass is 322 g/mol. The lowest BCUT2D eigenvalue weighted by Crippen LogP contribution is -2.43. The van der Waals surface area contributed by atoms with E-state index in [0.29, 0.717) is 19.1 Å². The SMILES string of the molecule is CN=C(NCCCNS(C)(=O)=O)NC1CCC(SC)C1. The van der Waals surface area contributed by atoms with Gasteiger partial charge in [-0.3, -0.25) is 4.99 Å². The van der Waals surface area contributed by atoms with Crippen LogP contribution in [0.1, 0.15) is 25.7 Å². The van der Waals surface area contributed by atoms with Crippen molar-refractivity contribution in [3.8, 4) is 0 Å². The van der Waals surface area contributed by atoms with Crippen LogP contribution in [0, 0.1) is 0 Å². The Morgan fingerprint density at radius 2 is 2.10 bits per heavy atom. The highest BCUT2D eigenvalue weighted by atomic mass is 32.2. The third-order valence-electron chi connectivity index (χ3n) is 3.29. The summed E-state index contributed by atoms with van der Waals surface area (Å²) in [5.74, 6) is 0.802. The summed E-state index contributed by atoms with van der Waals surface area (Å²) in [6.07, 6.45) is 7.68. The summed E-state index contributed by atoms with van der Waals surface area (Å²) >= 11 is 1.93. The number of sulfonamides is 1. The first-order valence-corrected chi connectivity index (χ1v) is 10.1. The number of hydrogen-bond acceptors (Lipinski definition) is 4. The van der Waals surface area contributed by atoms with E-state index >= 15 is 0 Å². The van der Waals surface area contributed by atoms with Gasteiger partial charge in [-0.05, 0) is 31.9 Å². The zero-order chi connectivity index (χ0) is 15.0. The molecular formula is C12H26N4O2S2. The molecule has 0 bridgehead atoms. The summed E-state index contributed by atoms with van der Waals surface area (Å²) < 4.78 is 24.3. The predicted octanol–water partition coefficient (Wildman–Crippen LogP) is 0.375. The molecule has 2 unspecified atom stereocenters. The van der Waals surface area contributed by atoms with E-state index < -0.39 is 10.0 Å². The largest absolute Gasteiger partial charge is 0.356 e. The smallest absolute Gasteiger partial charge is 0.208 e. The molecule has 0 aromatic heterocycles. The van der Waals surface area contributed by atoms with Crippen molar-refractivity contribution in [2.24, 2.45) is 4.99 Å². The van der Waals surface area contributed by atoms with Crippen molar-refractivity contribution >= 4 is 27.7 Å². The van der Waals surface area contributed by atoms with Gasteiger partial charge in [0.15, 0.2) is 5.96 Å². The van der Waals surface area contributed by atoms with Crippen LogP contribution >= 0.6 is 11.8 Å². The van der Waals surface area contributed by atoms with Gasteiger partial charge in [0.25, 0.3) is 0 Å². The maximum Gasteiger partial charge on any atom is 0.208 e. The quantitative estimate of drug-likeness (QED) is 0.358. The van der Waals surface area contributed by atoms with Crippen LogP contribution in [0.4, 0.5) is 0 Å². The molecule has 2 atom stereocenters. The topological polar surface area (TPSA) is 82.6 Å². The minimum atomic E-state index is -3.08. The summed E-state index contributed by atoms with van der Waals surface area (Å²) in [5, 5.41) is 7.39. The molecule has 8 heteroatoms. The second-order valence-corrected chi connectivity index (χ2v) is 8.00. The van der Waals surface area contributed by atoms with E-state index in [9.17, 15) is 8.42 Å². The van der Waals surface area contributed by atoms with E-state index in [4.69, 9.17) is 0 Å². The molecule has 0 amide bonds. The van der Waals surface area contributed by atoms with Crippen molar-refractivity contribution in [3.63, 3.8) is 0 Å². The number of thioether (sulfide) groups is 1. The molecule has 20 heavy (non-hydrogen) atoms. The van der Waals surface area contributed by atoms with E-state index in [1.165, 1.54) is 25.5 Å². The van der Waals surface area contributed by atoms with Gasteiger partial charge in [0.2, 0.25) is 10.0 Å². The molecule has 0 radical (unpaired) electrons. The van der Waals surface area contributed by atoms with Crippen molar-refractivity contribution in [2.75, 3.05) is 32.6 Å². The van der Waals surface area contributed by atoms with Crippen LogP contribution in [-0.2, 0) is 10.0 Å². The lowest BCUT2D eigenvalue weighted by Gasteiger charge is -2.17. The zero-order valence-corrected chi connectivity index (χ0v) is 14.1. The van der Waals surface area contributed by atoms with Crippen molar-refractivity contribution in [1.29, 1.82) is 0 Å². The Balaban J connectivity index is 2.17. The van der Waals surface area contributed by atoms with Crippen LogP contribution in [0.25, 0.3) is 0 Å². The van der Waals surface area contributed by atoms with E-state index in [1.807, 2.05) is 11.8 Å². The Labute approximate surface area is 126 Å². The van der Waals surface area contributed by atoms with Gasteiger partial charge in [-0.15, -0.1) is 0 Å². The van der Waals surface area contributed by atoms with E-state index in [0.717, 1.165) is 17.6 Å². The lowest BCUT2D eigenvalue weighted by molar-refractivity contribution is 0.583. The zero-order valence-electron chi connectivity index (χ0n) is 12.5. The van der Waals surface area contributed by atoms with Gasteiger partial charge in [0.1, 0.15) is 0 Å². The molecule has 6 nitrogen and oxygen atoms in total. The fraction of sp³-hybridized carbons (Fsp3) is 0.917. The number of guanidine groups is 1. The van der Waals surface area contributed by atoms with Crippen molar-refractivity contribution in [2.45, 2.75) is 37.0 Å². The molecule has 0 spiro atoms. The third kappa shape index (κ3) is 7.35. The molecule has 118 valence electrons. The van der Waals surface area contributed by atoms with Crippen molar-refractivity contribution in [3.05, 3.63) is 0 Å². The Morgan fingerprint density at radius 1 is 1.35 bits per heavy atom. The van der Waals surface area contributed by atoms with Crippen LogP contribution in [-0.4, -0.2) is 58.3 Å². The standard InChI is InChI=1S/C12H26N4O2S2/c1-13-12(14-7-4-8-15-20(3,17)18)16-10-5-6-11(9-10)19-2/h10-11,15H,4-9H2,1-3H3,(H2,13,14,16). The molecular weight excluding hydrogens is 296 g/mol. The first-order valence-electron chi connectivity index (χ1n) is 6.89. The lowest BCUT2D eigenvalue weighted by atomic mass is 10.2. The van der Waals surface area contributed by atoms with Gasteiger partial charge in [-0.25, -0.2) is 13.1 Å². The van der Waals surface area contributed by atoms with Gasteiger partial charge in [0.05, 0.1) is 6.26 Å². The maximum absolute atomic E-state index is 10.9. The molecule has 1 aliphatic rings. The molecule has 3 N–H and O–H groups in total. The summed E-state index contributed by atoms with van der Waals surface area (Å²) in [6, 6.07) is 0.493. The molecule has 1 aliphatic carbocycles. The summed E-state index contributed by atoms with van der Waals surface area (Å²) in [7, 11) is -1.33. The first kappa shape index (κ1) is 17.6. The summed E-state index contributed by atoms with van der Waals surface area (Å²) in [4.78, 5) is 4.20. The molecule has 1 saturated carbocycles. The van der Waals surface area contributed by atoms with E-state index in [2.05, 4.69) is 26.6 Å². The minimum Gasteiger partial charge on any atom is -0.356 e. The Hall–Kier alpha value is -0.470. The van der Waals surface area contributed by atoms with Crippen LogP contribution in [0.2, 0.25) is 0 Å². The molecule has 0 saturated heterocycles.